The molecule has 0 radical (unpaired) electrons. The van der Waals surface area contributed by atoms with E-state index in [-0.39, 0.29) is 0 Å². The fraction of sp³-hybridized carbons (Fsp3) is 0.417. The lowest BCUT2D eigenvalue weighted by molar-refractivity contribution is 0.833. The SMILES string of the molecule is CN=C(NCCSC)NCc1ccc(Br)cc1. The van der Waals surface area contributed by atoms with Gasteiger partial charge in [-0.25, -0.2) is 0 Å². The minimum absolute atomic E-state index is 0.784. The van der Waals surface area contributed by atoms with Crippen LogP contribution in [0.5, 0.6) is 0 Å². The first-order chi connectivity index (χ1) is 8.26. The summed E-state index contributed by atoms with van der Waals surface area (Å²) in [4.78, 5) is 4.17. The number of hydrogen-bond acceptors (Lipinski definition) is 2. The van der Waals surface area contributed by atoms with Gasteiger partial charge in [0.2, 0.25) is 0 Å². The van der Waals surface area contributed by atoms with Crippen LogP contribution in [-0.2, 0) is 6.54 Å². The van der Waals surface area contributed by atoms with Crippen molar-refractivity contribution in [3.05, 3.63) is 34.3 Å². The fourth-order valence-corrected chi connectivity index (χ4v) is 1.85. The monoisotopic (exact) mass is 315 g/mol. The van der Waals surface area contributed by atoms with Crippen molar-refractivity contribution in [2.24, 2.45) is 4.99 Å². The lowest BCUT2D eigenvalue weighted by Gasteiger charge is -2.11. The van der Waals surface area contributed by atoms with Gasteiger partial charge in [-0.15, -0.1) is 0 Å². The molecule has 17 heavy (non-hydrogen) atoms. The fourth-order valence-electron chi connectivity index (χ4n) is 1.28. The van der Waals surface area contributed by atoms with Crippen molar-refractivity contribution in [1.82, 2.24) is 10.6 Å². The van der Waals surface area contributed by atoms with E-state index in [4.69, 9.17) is 0 Å². The Kier molecular flexibility index (Phi) is 7.12. The van der Waals surface area contributed by atoms with Gasteiger partial charge in [-0.1, -0.05) is 28.1 Å². The summed E-state index contributed by atoms with van der Waals surface area (Å²) in [6.45, 7) is 1.72. The lowest BCUT2D eigenvalue weighted by atomic mass is 10.2. The molecule has 0 unspecified atom stereocenters. The van der Waals surface area contributed by atoms with Crippen LogP contribution in [0.15, 0.2) is 33.7 Å². The van der Waals surface area contributed by atoms with Crippen molar-refractivity contribution in [2.45, 2.75) is 6.54 Å². The highest BCUT2D eigenvalue weighted by Gasteiger charge is 1.97. The normalized spacial score (nSPS) is 11.4. The maximum atomic E-state index is 4.17. The molecule has 0 heterocycles. The first kappa shape index (κ1) is 14.4. The Hall–Kier alpha value is -0.680. The van der Waals surface area contributed by atoms with Crippen molar-refractivity contribution in [3.8, 4) is 0 Å². The van der Waals surface area contributed by atoms with Crippen LogP contribution in [0.1, 0.15) is 5.56 Å². The van der Waals surface area contributed by atoms with E-state index in [0.29, 0.717) is 0 Å². The van der Waals surface area contributed by atoms with Gasteiger partial charge in [0.25, 0.3) is 0 Å². The van der Waals surface area contributed by atoms with Gasteiger partial charge in [-0.3, -0.25) is 4.99 Å². The summed E-state index contributed by atoms with van der Waals surface area (Å²) in [6.07, 6.45) is 2.10. The number of aliphatic imine (C=N–C) groups is 1. The quantitative estimate of drug-likeness (QED) is 0.498. The van der Waals surface area contributed by atoms with Gasteiger partial charge in [-0.2, -0.15) is 11.8 Å². The average molecular weight is 316 g/mol. The van der Waals surface area contributed by atoms with E-state index in [1.807, 2.05) is 23.9 Å². The predicted molar refractivity (Wildman–Crippen MR) is 80.7 cm³/mol. The van der Waals surface area contributed by atoms with Crippen molar-refractivity contribution in [1.29, 1.82) is 0 Å². The molecule has 0 amide bonds. The molecule has 0 aromatic heterocycles. The molecule has 2 N–H and O–H groups in total. The molecular formula is C12H18BrN3S. The third kappa shape index (κ3) is 5.98. The van der Waals surface area contributed by atoms with E-state index in [9.17, 15) is 0 Å². The molecule has 1 rings (SSSR count). The first-order valence-corrected chi connectivity index (χ1v) is 7.63. The number of hydrogen-bond donors (Lipinski definition) is 2. The van der Waals surface area contributed by atoms with Gasteiger partial charge in [0, 0.05) is 30.4 Å². The Bertz CT molecular complexity index is 351. The summed E-state index contributed by atoms with van der Waals surface area (Å²) >= 11 is 5.24. The van der Waals surface area contributed by atoms with Crippen LogP contribution < -0.4 is 10.6 Å². The van der Waals surface area contributed by atoms with E-state index in [0.717, 1.165) is 29.3 Å². The Labute approximate surface area is 116 Å². The van der Waals surface area contributed by atoms with E-state index in [2.05, 4.69) is 49.9 Å². The van der Waals surface area contributed by atoms with Crippen LogP contribution in [0.2, 0.25) is 0 Å². The smallest absolute Gasteiger partial charge is 0.191 e. The zero-order valence-corrected chi connectivity index (χ0v) is 12.6. The number of guanidine groups is 1. The predicted octanol–water partition coefficient (Wildman–Crippen LogP) is 2.48. The van der Waals surface area contributed by atoms with Crippen LogP contribution in [0, 0.1) is 0 Å². The molecule has 0 aliphatic carbocycles. The van der Waals surface area contributed by atoms with Crippen molar-refractivity contribution in [2.75, 3.05) is 25.6 Å². The zero-order valence-electron chi connectivity index (χ0n) is 10.2. The van der Waals surface area contributed by atoms with E-state index in [1.54, 1.807) is 7.05 Å². The third-order valence-corrected chi connectivity index (χ3v) is 3.34. The van der Waals surface area contributed by atoms with Gasteiger partial charge in [0.05, 0.1) is 0 Å². The molecular weight excluding hydrogens is 298 g/mol. The summed E-state index contributed by atoms with van der Waals surface area (Å²) in [5, 5.41) is 6.54. The molecule has 94 valence electrons. The van der Waals surface area contributed by atoms with Crippen LogP contribution in [0.3, 0.4) is 0 Å². The Morgan fingerprint density at radius 1 is 1.29 bits per heavy atom. The minimum atomic E-state index is 0.784. The highest BCUT2D eigenvalue weighted by Crippen LogP contribution is 2.10. The zero-order chi connectivity index (χ0) is 12.5. The van der Waals surface area contributed by atoms with Crippen LogP contribution in [0.4, 0.5) is 0 Å². The van der Waals surface area contributed by atoms with Crippen LogP contribution >= 0.6 is 27.7 Å². The molecule has 0 fully saturated rings. The number of rotatable bonds is 5. The molecule has 0 bridgehead atoms. The molecule has 5 heteroatoms. The van der Waals surface area contributed by atoms with E-state index < -0.39 is 0 Å². The second-order valence-corrected chi connectivity index (χ2v) is 5.37. The molecule has 0 spiro atoms. The summed E-state index contributed by atoms with van der Waals surface area (Å²) in [5.41, 5.74) is 1.24. The average Bonchev–Trinajstić information content (AvgIpc) is 2.35. The van der Waals surface area contributed by atoms with Crippen LogP contribution in [-0.4, -0.2) is 31.6 Å². The van der Waals surface area contributed by atoms with E-state index >= 15 is 0 Å². The van der Waals surface area contributed by atoms with Gasteiger partial charge < -0.3 is 10.6 Å². The topological polar surface area (TPSA) is 36.4 Å². The van der Waals surface area contributed by atoms with Gasteiger partial charge in [-0.05, 0) is 24.0 Å². The Morgan fingerprint density at radius 3 is 2.59 bits per heavy atom. The molecule has 0 aliphatic rings. The number of nitrogens with zero attached hydrogens (tertiary/aromatic N) is 1. The number of halogens is 1. The number of nitrogens with one attached hydrogen (secondary N) is 2. The molecule has 3 nitrogen and oxygen atoms in total. The Balaban J connectivity index is 2.35. The largest absolute Gasteiger partial charge is 0.356 e. The first-order valence-electron chi connectivity index (χ1n) is 5.44. The van der Waals surface area contributed by atoms with E-state index in [1.165, 1.54) is 5.56 Å². The molecule has 0 atom stereocenters. The molecule has 0 saturated carbocycles. The molecule has 0 saturated heterocycles. The molecule has 1 aromatic carbocycles. The third-order valence-electron chi connectivity index (χ3n) is 2.20. The summed E-state index contributed by atoms with van der Waals surface area (Å²) in [7, 11) is 1.79. The van der Waals surface area contributed by atoms with Gasteiger partial charge in [0.1, 0.15) is 0 Å². The second kappa shape index (κ2) is 8.42. The van der Waals surface area contributed by atoms with Crippen molar-refractivity contribution < 1.29 is 0 Å². The summed E-state index contributed by atoms with van der Waals surface area (Å²) < 4.78 is 1.10. The highest BCUT2D eigenvalue weighted by molar-refractivity contribution is 9.10. The van der Waals surface area contributed by atoms with Crippen LogP contribution in [0.25, 0.3) is 0 Å². The Morgan fingerprint density at radius 2 is 2.00 bits per heavy atom. The standard InChI is InChI=1S/C12H18BrN3S/c1-14-12(15-7-8-17-2)16-9-10-3-5-11(13)6-4-10/h3-6H,7-9H2,1-2H3,(H2,14,15,16). The van der Waals surface area contributed by atoms with Gasteiger partial charge in [0.15, 0.2) is 5.96 Å². The minimum Gasteiger partial charge on any atom is -0.356 e. The molecule has 0 aliphatic heterocycles. The molecule has 1 aromatic rings. The van der Waals surface area contributed by atoms with Crippen molar-refractivity contribution >= 4 is 33.7 Å². The number of thioether (sulfide) groups is 1. The highest BCUT2D eigenvalue weighted by atomic mass is 79.9. The number of benzene rings is 1. The summed E-state index contributed by atoms with van der Waals surface area (Å²) in [6, 6.07) is 8.26. The summed E-state index contributed by atoms with van der Waals surface area (Å²) in [5.74, 6) is 1.93. The maximum Gasteiger partial charge on any atom is 0.191 e. The maximum absolute atomic E-state index is 4.17. The van der Waals surface area contributed by atoms with Gasteiger partial charge >= 0.3 is 0 Å². The van der Waals surface area contributed by atoms with Crippen molar-refractivity contribution in [3.63, 3.8) is 0 Å². The lowest BCUT2D eigenvalue weighted by Crippen LogP contribution is -2.37. The second-order valence-electron chi connectivity index (χ2n) is 3.47.